The van der Waals surface area contributed by atoms with Gasteiger partial charge in [-0.2, -0.15) is 0 Å². The summed E-state index contributed by atoms with van der Waals surface area (Å²) in [5.41, 5.74) is -0.679. The largest absolute Gasteiger partial charge is 0.483 e. The smallest absolute Gasteiger partial charge is 0.317 e. The molecule has 8 nitrogen and oxygen atoms in total. The normalized spacial score (nSPS) is 21.1. The third kappa shape index (κ3) is 3.02. The van der Waals surface area contributed by atoms with Gasteiger partial charge in [0, 0.05) is 6.07 Å². The van der Waals surface area contributed by atoms with E-state index in [1.807, 2.05) is 7.05 Å². The molecule has 0 bridgehead atoms. The van der Waals surface area contributed by atoms with Crippen molar-refractivity contribution >= 4 is 11.4 Å². The molecule has 0 radical (unpaired) electrons. The predicted molar refractivity (Wildman–Crippen MR) is 70.8 cm³/mol. The van der Waals surface area contributed by atoms with Gasteiger partial charge in [-0.3, -0.25) is 20.2 Å². The van der Waals surface area contributed by atoms with E-state index < -0.39 is 9.85 Å². The van der Waals surface area contributed by atoms with Crippen molar-refractivity contribution in [1.29, 1.82) is 0 Å². The van der Waals surface area contributed by atoms with Crippen LogP contribution in [0, 0.1) is 26.1 Å². The van der Waals surface area contributed by atoms with Crippen molar-refractivity contribution in [1.82, 2.24) is 5.32 Å². The molecular weight excluding hydrogens is 266 g/mol. The maximum atomic E-state index is 10.9. The molecule has 1 aromatic rings. The summed E-state index contributed by atoms with van der Waals surface area (Å²) in [6, 6.07) is 3.44. The van der Waals surface area contributed by atoms with Crippen LogP contribution in [0.25, 0.3) is 0 Å². The summed E-state index contributed by atoms with van der Waals surface area (Å²) < 4.78 is 5.56. The topological polar surface area (TPSA) is 108 Å². The quantitative estimate of drug-likeness (QED) is 0.630. The van der Waals surface area contributed by atoms with E-state index in [9.17, 15) is 20.2 Å². The molecule has 0 heterocycles. The molecule has 0 atom stereocenters. The Labute approximate surface area is 115 Å². The van der Waals surface area contributed by atoms with Crippen LogP contribution in [0.4, 0.5) is 11.4 Å². The first-order valence-corrected chi connectivity index (χ1v) is 6.25. The van der Waals surface area contributed by atoms with Crippen LogP contribution in [-0.4, -0.2) is 29.5 Å². The highest BCUT2D eigenvalue weighted by atomic mass is 16.6. The molecule has 1 saturated carbocycles. The van der Waals surface area contributed by atoms with Gasteiger partial charge >= 0.3 is 5.69 Å². The van der Waals surface area contributed by atoms with E-state index in [-0.39, 0.29) is 23.2 Å². The molecule has 20 heavy (non-hydrogen) atoms. The van der Waals surface area contributed by atoms with Crippen LogP contribution < -0.4 is 10.1 Å². The second-order valence-corrected chi connectivity index (χ2v) is 4.80. The lowest BCUT2D eigenvalue weighted by molar-refractivity contribution is -0.394. The minimum absolute atomic E-state index is 0.0616. The van der Waals surface area contributed by atoms with E-state index in [1.54, 1.807) is 0 Å². The second-order valence-electron chi connectivity index (χ2n) is 4.80. The summed E-state index contributed by atoms with van der Waals surface area (Å²) in [5, 5.41) is 24.6. The van der Waals surface area contributed by atoms with Crippen LogP contribution >= 0.6 is 0 Å². The lowest BCUT2D eigenvalue weighted by Crippen LogP contribution is -2.38. The van der Waals surface area contributed by atoms with Crippen LogP contribution in [0.5, 0.6) is 5.75 Å². The Kier molecular flexibility index (Phi) is 4.14. The van der Waals surface area contributed by atoms with E-state index in [4.69, 9.17) is 4.74 Å². The summed E-state index contributed by atoms with van der Waals surface area (Å²) in [4.78, 5) is 20.2. The highest BCUT2D eigenvalue weighted by molar-refractivity contribution is 5.53. The molecule has 1 aliphatic rings. The van der Waals surface area contributed by atoms with E-state index in [1.165, 1.54) is 12.1 Å². The van der Waals surface area contributed by atoms with Crippen LogP contribution in [0.2, 0.25) is 0 Å². The average Bonchev–Trinajstić information content (AvgIpc) is 2.36. The number of benzene rings is 1. The molecule has 1 aliphatic carbocycles. The SMILES string of the molecule is CNCC1CC(Oc2ccc([N+](=O)[O-])cc2[N+](=O)[O-])C1. The number of nitrogens with zero attached hydrogens (tertiary/aromatic N) is 2. The fourth-order valence-electron chi connectivity index (χ4n) is 2.27. The summed E-state index contributed by atoms with van der Waals surface area (Å²) in [6.45, 7) is 0.891. The maximum absolute atomic E-state index is 10.9. The molecule has 1 aromatic carbocycles. The number of ether oxygens (including phenoxy) is 1. The second kappa shape index (κ2) is 5.83. The van der Waals surface area contributed by atoms with Gasteiger partial charge in [0.2, 0.25) is 0 Å². The maximum Gasteiger partial charge on any atom is 0.317 e. The van der Waals surface area contributed by atoms with E-state index in [0.29, 0.717) is 5.92 Å². The Bertz CT molecular complexity index is 528. The fraction of sp³-hybridized carbons (Fsp3) is 0.500. The zero-order valence-corrected chi connectivity index (χ0v) is 10.9. The number of non-ortho nitro benzene ring substituents is 1. The number of rotatable bonds is 6. The van der Waals surface area contributed by atoms with Gasteiger partial charge in [0.25, 0.3) is 5.69 Å². The van der Waals surface area contributed by atoms with Gasteiger partial charge in [-0.15, -0.1) is 0 Å². The summed E-state index contributed by atoms with van der Waals surface area (Å²) in [6.07, 6.45) is 1.60. The standard InChI is InChI=1S/C12H15N3O5/c1-13-7-8-4-10(5-8)20-12-3-2-9(14(16)17)6-11(12)15(18)19/h2-3,6,8,10,13H,4-5,7H2,1H3. The van der Waals surface area contributed by atoms with Gasteiger partial charge in [0.15, 0.2) is 5.75 Å². The molecular formula is C12H15N3O5. The molecule has 0 saturated heterocycles. The van der Waals surface area contributed by atoms with Gasteiger partial charge in [-0.25, -0.2) is 0 Å². The summed E-state index contributed by atoms with van der Waals surface area (Å²) in [5.74, 6) is 0.607. The van der Waals surface area contributed by atoms with Crippen molar-refractivity contribution in [3.05, 3.63) is 38.4 Å². The first-order chi connectivity index (χ1) is 9.51. The fourth-order valence-corrected chi connectivity index (χ4v) is 2.27. The van der Waals surface area contributed by atoms with Crippen molar-refractivity contribution in [3.63, 3.8) is 0 Å². The highest BCUT2D eigenvalue weighted by Crippen LogP contribution is 2.36. The van der Waals surface area contributed by atoms with E-state index in [2.05, 4.69) is 5.32 Å². The molecule has 2 rings (SSSR count). The Balaban J connectivity index is 2.08. The number of nitro groups is 2. The Morgan fingerprint density at radius 2 is 2.00 bits per heavy atom. The predicted octanol–water partition coefficient (Wildman–Crippen LogP) is 1.88. The first kappa shape index (κ1) is 14.2. The van der Waals surface area contributed by atoms with Gasteiger partial charge < -0.3 is 10.1 Å². The van der Waals surface area contributed by atoms with Gasteiger partial charge in [0.1, 0.15) is 0 Å². The van der Waals surface area contributed by atoms with Crippen LogP contribution in [0.3, 0.4) is 0 Å². The van der Waals surface area contributed by atoms with Crippen molar-refractivity contribution in [2.75, 3.05) is 13.6 Å². The first-order valence-electron chi connectivity index (χ1n) is 6.25. The molecule has 108 valence electrons. The van der Waals surface area contributed by atoms with Crippen molar-refractivity contribution in [3.8, 4) is 5.75 Å². The van der Waals surface area contributed by atoms with Gasteiger partial charge in [0.05, 0.1) is 22.0 Å². The van der Waals surface area contributed by atoms with Crippen LogP contribution in [-0.2, 0) is 0 Å². The van der Waals surface area contributed by atoms with E-state index >= 15 is 0 Å². The number of hydrogen-bond acceptors (Lipinski definition) is 6. The molecule has 8 heteroatoms. The molecule has 0 aliphatic heterocycles. The van der Waals surface area contributed by atoms with Crippen LogP contribution in [0.1, 0.15) is 12.8 Å². The van der Waals surface area contributed by atoms with Crippen molar-refractivity contribution in [2.24, 2.45) is 5.92 Å². The van der Waals surface area contributed by atoms with Crippen molar-refractivity contribution in [2.45, 2.75) is 18.9 Å². The molecule has 1 fully saturated rings. The lowest BCUT2D eigenvalue weighted by atomic mass is 9.82. The van der Waals surface area contributed by atoms with Gasteiger partial charge in [-0.1, -0.05) is 0 Å². The third-order valence-corrected chi connectivity index (χ3v) is 3.33. The minimum atomic E-state index is -0.664. The number of hydrogen-bond donors (Lipinski definition) is 1. The molecule has 1 N–H and O–H groups in total. The number of nitro benzene ring substituents is 2. The third-order valence-electron chi connectivity index (χ3n) is 3.33. The molecule has 0 unspecified atom stereocenters. The van der Waals surface area contributed by atoms with E-state index in [0.717, 1.165) is 25.5 Å². The summed E-state index contributed by atoms with van der Waals surface area (Å²) in [7, 11) is 1.87. The van der Waals surface area contributed by atoms with Gasteiger partial charge in [-0.05, 0) is 38.4 Å². The minimum Gasteiger partial charge on any atom is -0.483 e. The average molecular weight is 281 g/mol. The number of nitrogens with one attached hydrogen (secondary N) is 1. The molecule has 0 amide bonds. The Morgan fingerprint density at radius 3 is 2.55 bits per heavy atom. The Morgan fingerprint density at radius 1 is 1.30 bits per heavy atom. The highest BCUT2D eigenvalue weighted by Gasteiger charge is 2.32. The Hall–Kier alpha value is -2.22. The summed E-state index contributed by atoms with van der Waals surface area (Å²) >= 11 is 0. The lowest BCUT2D eigenvalue weighted by Gasteiger charge is -2.35. The zero-order chi connectivity index (χ0) is 14.7. The molecule has 0 spiro atoms. The van der Waals surface area contributed by atoms with Crippen LogP contribution in [0.15, 0.2) is 18.2 Å². The molecule has 0 aromatic heterocycles. The monoisotopic (exact) mass is 281 g/mol. The van der Waals surface area contributed by atoms with Crippen molar-refractivity contribution < 1.29 is 14.6 Å². The zero-order valence-electron chi connectivity index (χ0n) is 10.9.